The lowest BCUT2D eigenvalue weighted by Crippen LogP contribution is -2.45. The van der Waals surface area contributed by atoms with Crippen molar-refractivity contribution >= 4 is 5.96 Å². The average Bonchev–Trinajstić information content (AvgIpc) is 2.98. The molecule has 0 atom stereocenters. The molecule has 0 spiro atoms. The molecule has 1 aliphatic heterocycles. The first-order chi connectivity index (χ1) is 8.27. The summed E-state index contributed by atoms with van der Waals surface area (Å²) in [7, 11) is 0. The van der Waals surface area contributed by atoms with Gasteiger partial charge in [0.05, 0.1) is 13.2 Å². The zero-order valence-electron chi connectivity index (χ0n) is 10.5. The summed E-state index contributed by atoms with van der Waals surface area (Å²) in [5.41, 5.74) is 6.59. The van der Waals surface area contributed by atoms with Crippen molar-refractivity contribution in [2.45, 2.75) is 32.1 Å². The number of hydrogen-bond acceptors (Lipinski definition) is 2. The summed E-state index contributed by atoms with van der Waals surface area (Å²) in [6.07, 6.45) is 6.99. The summed E-state index contributed by atoms with van der Waals surface area (Å²) < 4.78 is 5.32. The third-order valence-corrected chi connectivity index (χ3v) is 4.80. The van der Waals surface area contributed by atoms with E-state index in [9.17, 15) is 0 Å². The van der Waals surface area contributed by atoms with Crippen LogP contribution in [0.3, 0.4) is 0 Å². The molecule has 1 saturated heterocycles. The minimum absolute atomic E-state index is 0.515. The van der Waals surface area contributed by atoms with Gasteiger partial charge in [-0.1, -0.05) is 0 Å². The summed E-state index contributed by atoms with van der Waals surface area (Å²) in [5.74, 6) is 1.73. The lowest BCUT2D eigenvalue weighted by Gasteiger charge is -2.29. The lowest BCUT2D eigenvalue weighted by atomic mass is 9.84. The van der Waals surface area contributed by atoms with E-state index in [4.69, 9.17) is 10.5 Å². The minimum atomic E-state index is 0.515. The first-order valence-electron chi connectivity index (χ1n) is 6.90. The molecule has 2 bridgehead atoms. The predicted molar refractivity (Wildman–Crippen MR) is 67.9 cm³/mol. The summed E-state index contributed by atoms with van der Waals surface area (Å²) in [4.78, 5) is 6.82. The van der Waals surface area contributed by atoms with Crippen LogP contribution in [0.2, 0.25) is 0 Å². The zero-order chi connectivity index (χ0) is 11.7. The molecule has 3 aliphatic rings. The van der Waals surface area contributed by atoms with Crippen LogP contribution in [0, 0.1) is 11.3 Å². The van der Waals surface area contributed by atoms with Crippen molar-refractivity contribution in [3.8, 4) is 0 Å². The fourth-order valence-corrected chi connectivity index (χ4v) is 3.67. The van der Waals surface area contributed by atoms with Crippen molar-refractivity contribution in [1.29, 1.82) is 0 Å². The highest BCUT2D eigenvalue weighted by Crippen LogP contribution is 2.54. The van der Waals surface area contributed by atoms with E-state index in [1.54, 1.807) is 0 Å². The van der Waals surface area contributed by atoms with Gasteiger partial charge >= 0.3 is 0 Å². The summed E-state index contributed by atoms with van der Waals surface area (Å²) >= 11 is 0. The maximum atomic E-state index is 6.07. The van der Waals surface area contributed by atoms with Gasteiger partial charge in [0.25, 0.3) is 0 Å². The number of rotatable bonds is 2. The first-order valence-corrected chi connectivity index (χ1v) is 6.90. The van der Waals surface area contributed by atoms with Crippen LogP contribution in [-0.2, 0) is 4.74 Å². The van der Waals surface area contributed by atoms with E-state index in [1.165, 1.54) is 32.1 Å². The third-order valence-electron chi connectivity index (χ3n) is 4.80. The Morgan fingerprint density at radius 1 is 1.29 bits per heavy atom. The van der Waals surface area contributed by atoms with Gasteiger partial charge in [0, 0.05) is 19.6 Å². The lowest BCUT2D eigenvalue weighted by molar-refractivity contribution is 0.0673. The molecule has 2 aliphatic carbocycles. The second-order valence-electron chi connectivity index (χ2n) is 5.92. The number of fused-ring (bicyclic) bond motifs is 2. The first kappa shape index (κ1) is 11.3. The van der Waals surface area contributed by atoms with E-state index < -0.39 is 0 Å². The molecule has 0 radical (unpaired) electrons. The van der Waals surface area contributed by atoms with Crippen molar-refractivity contribution in [3.05, 3.63) is 0 Å². The molecule has 0 unspecified atom stereocenters. The van der Waals surface area contributed by atoms with Crippen molar-refractivity contribution < 1.29 is 4.74 Å². The number of morpholine rings is 1. The number of nitrogens with zero attached hydrogens (tertiary/aromatic N) is 2. The van der Waals surface area contributed by atoms with Crippen LogP contribution in [0.15, 0.2) is 4.99 Å². The average molecular weight is 237 g/mol. The number of ether oxygens (including phenoxy) is 1. The second-order valence-corrected chi connectivity index (χ2v) is 5.92. The van der Waals surface area contributed by atoms with Crippen LogP contribution in [0.25, 0.3) is 0 Å². The molecule has 1 heterocycles. The molecule has 4 heteroatoms. The smallest absolute Gasteiger partial charge is 0.191 e. The van der Waals surface area contributed by atoms with Crippen molar-refractivity contribution in [2.75, 3.05) is 32.8 Å². The van der Waals surface area contributed by atoms with Gasteiger partial charge in [-0.3, -0.25) is 4.99 Å². The quantitative estimate of drug-likeness (QED) is 0.580. The van der Waals surface area contributed by atoms with Crippen LogP contribution in [0.4, 0.5) is 0 Å². The Balaban J connectivity index is 1.58. The van der Waals surface area contributed by atoms with Gasteiger partial charge in [-0.15, -0.1) is 0 Å². The molecule has 0 amide bonds. The van der Waals surface area contributed by atoms with E-state index in [0.717, 1.165) is 44.7 Å². The maximum absolute atomic E-state index is 6.07. The number of aliphatic imine (C=N–C) groups is 1. The minimum Gasteiger partial charge on any atom is -0.378 e. The van der Waals surface area contributed by atoms with Crippen LogP contribution >= 0.6 is 0 Å². The maximum Gasteiger partial charge on any atom is 0.191 e. The Hall–Kier alpha value is -0.770. The van der Waals surface area contributed by atoms with Gasteiger partial charge in [-0.2, -0.15) is 0 Å². The van der Waals surface area contributed by atoms with Crippen LogP contribution in [-0.4, -0.2) is 43.7 Å². The molecule has 3 rings (SSSR count). The highest BCUT2D eigenvalue weighted by Gasteiger charge is 2.44. The summed E-state index contributed by atoms with van der Waals surface area (Å²) in [6.45, 7) is 4.30. The van der Waals surface area contributed by atoms with E-state index >= 15 is 0 Å². The van der Waals surface area contributed by atoms with Gasteiger partial charge < -0.3 is 15.4 Å². The number of nitrogens with two attached hydrogens (primary N) is 1. The Bertz CT molecular complexity index is 302. The SMILES string of the molecule is NC(=NCC12CCC(CC1)C2)N1CCOCC1. The zero-order valence-corrected chi connectivity index (χ0v) is 10.5. The fraction of sp³-hybridized carbons (Fsp3) is 0.923. The Kier molecular flexibility index (Phi) is 2.99. The molecule has 0 aromatic rings. The van der Waals surface area contributed by atoms with Crippen molar-refractivity contribution in [1.82, 2.24) is 4.90 Å². The van der Waals surface area contributed by atoms with Crippen molar-refractivity contribution in [3.63, 3.8) is 0 Å². The van der Waals surface area contributed by atoms with Gasteiger partial charge in [-0.25, -0.2) is 0 Å². The fourth-order valence-electron chi connectivity index (χ4n) is 3.67. The Morgan fingerprint density at radius 3 is 2.59 bits per heavy atom. The Morgan fingerprint density at radius 2 is 2.00 bits per heavy atom. The highest BCUT2D eigenvalue weighted by atomic mass is 16.5. The molecule has 0 aromatic carbocycles. The molecular weight excluding hydrogens is 214 g/mol. The van der Waals surface area contributed by atoms with Gasteiger partial charge in [0.1, 0.15) is 0 Å². The molecule has 4 nitrogen and oxygen atoms in total. The number of hydrogen-bond donors (Lipinski definition) is 1. The third kappa shape index (κ3) is 2.28. The molecule has 96 valence electrons. The van der Waals surface area contributed by atoms with E-state index in [-0.39, 0.29) is 0 Å². The largest absolute Gasteiger partial charge is 0.378 e. The molecule has 2 N–H and O–H groups in total. The van der Waals surface area contributed by atoms with Crippen molar-refractivity contribution in [2.24, 2.45) is 22.1 Å². The van der Waals surface area contributed by atoms with E-state index in [0.29, 0.717) is 5.41 Å². The second kappa shape index (κ2) is 4.48. The monoisotopic (exact) mass is 237 g/mol. The summed E-state index contributed by atoms with van der Waals surface area (Å²) in [6, 6.07) is 0. The standard InChI is InChI=1S/C13H23N3O/c14-12(16-5-7-17-8-6-16)15-10-13-3-1-11(9-13)2-4-13/h11H,1-10H2,(H2,14,15). The normalized spacial score (nSPS) is 37.8. The molecule has 3 fully saturated rings. The van der Waals surface area contributed by atoms with Gasteiger partial charge in [0.15, 0.2) is 5.96 Å². The molecule has 0 aromatic heterocycles. The molecule has 2 saturated carbocycles. The van der Waals surface area contributed by atoms with Crippen LogP contribution < -0.4 is 5.73 Å². The number of guanidine groups is 1. The van der Waals surface area contributed by atoms with Gasteiger partial charge in [-0.05, 0) is 43.4 Å². The van der Waals surface area contributed by atoms with Crippen LogP contribution in [0.5, 0.6) is 0 Å². The van der Waals surface area contributed by atoms with E-state index in [1.807, 2.05) is 0 Å². The predicted octanol–water partition coefficient (Wildman–Crippen LogP) is 1.21. The van der Waals surface area contributed by atoms with Gasteiger partial charge in [0.2, 0.25) is 0 Å². The van der Waals surface area contributed by atoms with Crippen LogP contribution in [0.1, 0.15) is 32.1 Å². The molecular formula is C13H23N3O. The topological polar surface area (TPSA) is 50.8 Å². The Labute approximate surface area is 103 Å². The molecule has 17 heavy (non-hydrogen) atoms. The highest BCUT2D eigenvalue weighted by molar-refractivity contribution is 5.78. The van der Waals surface area contributed by atoms with E-state index in [2.05, 4.69) is 9.89 Å². The summed E-state index contributed by atoms with van der Waals surface area (Å²) in [5, 5.41) is 0.